The molecule has 138 valence electrons. The predicted octanol–water partition coefficient (Wildman–Crippen LogP) is 1.95. The van der Waals surface area contributed by atoms with Gasteiger partial charge in [0.15, 0.2) is 0 Å². The highest BCUT2D eigenvalue weighted by molar-refractivity contribution is 7.91. The SMILES string of the molecule is CCNCC1CCN(C(=O)CNS(=O)(=O)c2ccc(Cl)s2)CC1.Cl. The molecule has 1 aromatic heterocycles. The molecule has 0 aromatic carbocycles. The topological polar surface area (TPSA) is 78.5 Å². The highest BCUT2D eigenvalue weighted by atomic mass is 35.5. The Bertz CT molecular complexity index is 629. The number of hydrogen-bond acceptors (Lipinski definition) is 5. The quantitative estimate of drug-likeness (QED) is 0.712. The lowest BCUT2D eigenvalue weighted by Crippen LogP contribution is -2.45. The van der Waals surface area contributed by atoms with Gasteiger partial charge in [0.2, 0.25) is 5.91 Å². The second kappa shape index (κ2) is 9.94. The zero-order chi connectivity index (χ0) is 16.9. The van der Waals surface area contributed by atoms with E-state index in [-0.39, 0.29) is 29.1 Å². The number of hydrogen-bond donors (Lipinski definition) is 2. The summed E-state index contributed by atoms with van der Waals surface area (Å²) in [5, 5.41) is 3.32. The number of rotatable bonds is 7. The average Bonchev–Trinajstić information content (AvgIpc) is 2.98. The Morgan fingerprint density at radius 2 is 2.04 bits per heavy atom. The number of piperidine rings is 1. The molecule has 1 fully saturated rings. The zero-order valence-electron chi connectivity index (χ0n) is 13.5. The first-order valence-corrected chi connectivity index (χ1v) is 10.3. The fraction of sp³-hybridized carbons (Fsp3) is 0.643. The third-order valence-corrected chi connectivity index (χ3v) is 7.00. The van der Waals surface area contributed by atoms with Crippen LogP contribution in [0.2, 0.25) is 4.34 Å². The van der Waals surface area contributed by atoms with Crippen molar-refractivity contribution in [3.05, 3.63) is 16.5 Å². The number of likely N-dealkylation sites (tertiary alicyclic amines) is 1. The number of nitrogens with zero attached hydrogens (tertiary/aromatic N) is 1. The Hall–Kier alpha value is -0.380. The second-order valence-corrected chi connectivity index (χ2v) is 9.22. The number of amides is 1. The minimum absolute atomic E-state index is 0. The summed E-state index contributed by atoms with van der Waals surface area (Å²) in [6.07, 6.45) is 1.90. The molecule has 1 saturated heterocycles. The first-order chi connectivity index (χ1) is 10.9. The number of carbonyl (C=O) groups is 1. The summed E-state index contributed by atoms with van der Waals surface area (Å²) >= 11 is 6.72. The van der Waals surface area contributed by atoms with Crippen LogP contribution in [0.3, 0.4) is 0 Å². The van der Waals surface area contributed by atoms with Crippen LogP contribution in [0.4, 0.5) is 0 Å². The van der Waals surface area contributed by atoms with Gasteiger partial charge >= 0.3 is 0 Å². The van der Waals surface area contributed by atoms with E-state index in [0.29, 0.717) is 23.3 Å². The molecule has 1 amide bonds. The number of nitrogens with one attached hydrogen (secondary N) is 2. The molecular formula is C14H23Cl2N3O3S2. The smallest absolute Gasteiger partial charge is 0.250 e. The van der Waals surface area contributed by atoms with Gasteiger partial charge in [-0.1, -0.05) is 18.5 Å². The molecule has 1 aliphatic heterocycles. The Morgan fingerprint density at radius 3 is 2.58 bits per heavy atom. The van der Waals surface area contributed by atoms with E-state index in [1.54, 1.807) is 4.90 Å². The van der Waals surface area contributed by atoms with Gasteiger partial charge in [-0.25, -0.2) is 13.1 Å². The van der Waals surface area contributed by atoms with Crippen molar-refractivity contribution in [2.24, 2.45) is 5.92 Å². The van der Waals surface area contributed by atoms with Crippen molar-refractivity contribution in [2.45, 2.75) is 24.0 Å². The van der Waals surface area contributed by atoms with Crippen LogP contribution in [0.15, 0.2) is 16.3 Å². The number of thiophene rings is 1. The summed E-state index contributed by atoms with van der Waals surface area (Å²) in [5.41, 5.74) is 0. The van der Waals surface area contributed by atoms with Crippen molar-refractivity contribution in [1.29, 1.82) is 0 Å². The number of halogens is 2. The summed E-state index contributed by atoms with van der Waals surface area (Å²) in [6.45, 7) is 5.15. The highest BCUT2D eigenvalue weighted by Gasteiger charge is 2.24. The molecule has 1 aromatic rings. The van der Waals surface area contributed by atoms with E-state index < -0.39 is 10.0 Å². The van der Waals surface area contributed by atoms with E-state index in [1.807, 2.05) is 0 Å². The first-order valence-electron chi connectivity index (χ1n) is 7.66. The summed E-state index contributed by atoms with van der Waals surface area (Å²) < 4.78 is 27.0. The molecule has 0 radical (unpaired) electrons. The normalized spacial score (nSPS) is 16.0. The molecule has 10 heteroatoms. The molecule has 0 saturated carbocycles. The third-order valence-electron chi connectivity index (χ3n) is 3.88. The van der Waals surface area contributed by atoms with E-state index in [9.17, 15) is 13.2 Å². The van der Waals surface area contributed by atoms with Gasteiger partial charge in [-0.3, -0.25) is 4.79 Å². The minimum Gasteiger partial charge on any atom is -0.342 e. The van der Waals surface area contributed by atoms with Crippen LogP contribution < -0.4 is 10.0 Å². The Morgan fingerprint density at radius 1 is 1.38 bits per heavy atom. The van der Waals surface area contributed by atoms with Crippen molar-refractivity contribution >= 4 is 51.3 Å². The standard InChI is InChI=1S/C14H22ClN3O3S2.ClH/c1-2-16-9-11-5-7-18(8-6-11)13(19)10-17-23(20,21)14-4-3-12(15)22-14;/h3-4,11,16-17H,2,5-10H2,1H3;1H. The van der Waals surface area contributed by atoms with Crippen LogP contribution in [-0.4, -0.2) is 51.9 Å². The molecule has 6 nitrogen and oxygen atoms in total. The van der Waals surface area contributed by atoms with Crippen molar-refractivity contribution < 1.29 is 13.2 Å². The van der Waals surface area contributed by atoms with Crippen LogP contribution in [0, 0.1) is 5.92 Å². The zero-order valence-corrected chi connectivity index (χ0v) is 16.7. The lowest BCUT2D eigenvalue weighted by molar-refractivity contribution is -0.131. The predicted molar refractivity (Wildman–Crippen MR) is 99.6 cm³/mol. The fourth-order valence-corrected chi connectivity index (χ4v) is 5.02. The van der Waals surface area contributed by atoms with E-state index in [4.69, 9.17) is 11.6 Å². The largest absolute Gasteiger partial charge is 0.342 e. The maximum absolute atomic E-state index is 12.2. The number of sulfonamides is 1. The summed E-state index contributed by atoms with van der Waals surface area (Å²) in [5.74, 6) is 0.405. The molecule has 2 rings (SSSR count). The molecule has 1 aliphatic rings. The lowest BCUT2D eigenvalue weighted by atomic mass is 9.97. The van der Waals surface area contributed by atoms with Crippen molar-refractivity contribution in [3.8, 4) is 0 Å². The first kappa shape index (κ1) is 21.7. The fourth-order valence-electron chi connectivity index (χ4n) is 2.52. The summed E-state index contributed by atoms with van der Waals surface area (Å²) in [7, 11) is -3.67. The van der Waals surface area contributed by atoms with Crippen molar-refractivity contribution in [2.75, 3.05) is 32.7 Å². The van der Waals surface area contributed by atoms with E-state index in [2.05, 4.69) is 17.0 Å². The van der Waals surface area contributed by atoms with Crippen LogP contribution in [0.25, 0.3) is 0 Å². The van der Waals surface area contributed by atoms with E-state index in [0.717, 1.165) is 37.3 Å². The van der Waals surface area contributed by atoms with Gasteiger partial charge in [0, 0.05) is 13.1 Å². The maximum atomic E-state index is 12.2. The van der Waals surface area contributed by atoms with Gasteiger partial charge in [0.25, 0.3) is 10.0 Å². The van der Waals surface area contributed by atoms with Gasteiger partial charge in [0.05, 0.1) is 10.9 Å². The molecule has 0 bridgehead atoms. The van der Waals surface area contributed by atoms with Gasteiger partial charge in [-0.2, -0.15) is 0 Å². The molecule has 2 heterocycles. The van der Waals surface area contributed by atoms with Crippen molar-refractivity contribution in [3.63, 3.8) is 0 Å². The molecule has 0 aliphatic carbocycles. The molecule has 2 N–H and O–H groups in total. The van der Waals surface area contributed by atoms with E-state index >= 15 is 0 Å². The maximum Gasteiger partial charge on any atom is 0.250 e. The Balaban J connectivity index is 0.00000288. The minimum atomic E-state index is -3.67. The van der Waals surface area contributed by atoms with Crippen LogP contribution in [0.1, 0.15) is 19.8 Å². The van der Waals surface area contributed by atoms with Crippen LogP contribution in [-0.2, 0) is 14.8 Å². The molecular weight excluding hydrogens is 393 g/mol. The van der Waals surface area contributed by atoms with Crippen LogP contribution >= 0.6 is 35.3 Å². The summed E-state index contributed by atoms with van der Waals surface area (Å²) in [6, 6.07) is 2.96. The highest BCUT2D eigenvalue weighted by Crippen LogP contribution is 2.25. The Labute approximate surface area is 158 Å². The average molecular weight is 416 g/mol. The van der Waals surface area contributed by atoms with Gasteiger partial charge in [0.1, 0.15) is 4.21 Å². The Kier molecular flexibility index (Phi) is 8.97. The molecule has 0 unspecified atom stereocenters. The van der Waals surface area contributed by atoms with Crippen molar-refractivity contribution in [1.82, 2.24) is 14.9 Å². The molecule has 0 atom stereocenters. The number of carbonyl (C=O) groups excluding carboxylic acids is 1. The van der Waals surface area contributed by atoms with E-state index in [1.165, 1.54) is 12.1 Å². The van der Waals surface area contributed by atoms with Gasteiger partial charge in [-0.15, -0.1) is 23.7 Å². The lowest BCUT2D eigenvalue weighted by Gasteiger charge is -2.32. The third kappa shape index (κ3) is 6.16. The second-order valence-electron chi connectivity index (χ2n) is 5.51. The van der Waals surface area contributed by atoms with Crippen LogP contribution in [0.5, 0.6) is 0 Å². The molecule has 24 heavy (non-hydrogen) atoms. The summed E-state index contributed by atoms with van der Waals surface area (Å²) in [4.78, 5) is 13.9. The van der Waals surface area contributed by atoms with Gasteiger partial charge < -0.3 is 10.2 Å². The monoisotopic (exact) mass is 415 g/mol. The molecule has 0 spiro atoms. The van der Waals surface area contributed by atoms with Gasteiger partial charge in [-0.05, 0) is 44.0 Å².